The first-order chi connectivity index (χ1) is 24.4. The highest BCUT2D eigenvalue weighted by Crippen LogP contribution is 2.43. The van der Waals surface area contributed by atoms with E-state index in [1.807, 2.05) is 6.08 Å². The van der Waals surface area contributed by atoms with Gasteiger partial charge in [-0.05, 0) is 77.0 Å². The van der Waals surface area contributed by atoms with Gasteiger partial charge in [-0.2, -0.15) is 0 Å². The number of nitrogens with one attached hydrogen (secondary N) is 1. The van der Waals surface area contributed by atoms with E-state index < -0.39 is 20.0 Å². The molecule has 0 aromatic carbocycles. The van der Waals surface area contributed by atoms with E-state index in [4.69, 9.17) is 14.8 Å². The van der Waals surface area contributed by atoms with Crippen molar-refractivity contribution in [3.05, 3.63) is 60.8 Å². The van der Waals surface area contributed by atoms with Crippen LogP contribution in [0.1, 0.15) is 162 Å². The molecule has 0 aliphatic heterocycles. The SMILES string of the molecule is CCCCC/C=C\C/C=C\CCCCCCCCCC(=O)NC(COP(=O)(O)OCCN)C(O)/C=C/CC/C=C/CC/C=C/CCCCCC. The van der Waals surface area contributed by atoms with Crippen LogP contribution >= 0.6 is 7.82 Å². The van der Waals surface area contributed by atoms with Gasteiger partial charge in [0.1, 0.15) is 0 Å². The van der Waals surface area contributed by atoms with Gasteiger partial charge in [0, 0.05) is 13.0 Å². The first-order valence-electron chi connectivity index (χ1n) is 19.9. The number of unbranched alkanes of at least 4 members (excludes halogenated alkanes) is 16. The topological polar surface area (TPSA) is 131 Å². The van der Waals surface area contributed by atoms with Crippen molar-refractivity contribution < 1.29 is 28.4 Å². The Morgan fingerprint density at radius 1 is 0.660 bits per heavy atom. The van der Waals surface area contributed by atoms with Crippen molar-refractivity contribution in [3.63, 3.8) is 0 Å². The summed E-state index contributed by atoms with van der Waals surface area (Å²) in [5.41, 5.74) is 5.36. The van der Waals surface area contributed by atoms with Crippen molar-refractivity contribution in [2.45, 2.75) is 174 Å². The summed E-state index contributed by atoms with van der Waals surface area (Å²) in [6.45, 7) is 4.03. The molecule has 0 fully saturated rings. The monoisotopic (exact) mass is 723 g/mol. The number of amides is 1. The molecule has 8 nitrogen and oxygen atoms in total. The van der Waals surface area contributed by atoms with E-state index in [2.05, 4.69) is 67.8 Å². The minimum Gasteiger partial charge on any atom is -0.387 e. The van der Waals surface area contributed by atoms with E-state index in [-0.39, 0.29) is 25.7 Å². The molecule has 0 aromatic rings. The van der Waals surface area contributed by atoms with Crippen LogP contribution < -0.4 is 11.1 Å². The van der Waals surface area contributed by atoms with Crippen LogP contribution in [-0.2, 0) is 18.4 Å². The molecule has 0 saturated heterocycles. The Bertz CT molecular complexity index is 965. The maximum absolute atomic E-state index is 12.7. The molecule has 0 aliphatic carbocycles. The molecule has 1 amide bonds. The summed E-state index contributed by atoms with van der Waals surface area (Å²) in [5, 5.41) is 13.6. The van der Waals surface area contributed by atoms with Crippen LogP contribution in [-0.4, -0.2) is 47.8 Å². The van der Waals surface area contributed by atoms with Gasteiger partial charge < -0.3 is 21.1 Å². The molecular formula is C41H75N2O6P. The van der Waals surface area contributed by atoms with Gasteiger partial charge in [0.25, 0.3) is 0 Å². The van der Waals surface area contributed by atoms with Crippen LogP contribution in [0, 0.1) is 0 Å². The van der Waals surface area contributed by atoms with Gasteiger partial charge in [0.2, 0.25) is 5.91 Å². The number of hydrogen-bond acceptors (Lipinski definition) is 6. The molecule has 3 atom stereocenters. The third-order valence-electron chi connectivity index (χ3n) is 8.29. The zero-order chi connectivity index (χ0) is 36.8. The molecule has 0 heterocycles. The van der Waals surface area contributed by atoms with Crippen LogP contribution in [0.3, 0.4) is 0 Å². The molecule has 0 aliphatic rings. The Morgan fingerprint density at radius 3 is 1.70 bits per heavy atom. The second-order valence-corrected chi connectivity index (χ2v) is 14.6. The Labute approximate surface area is 306 Å². The average molecular weight is 723 g/mol. The molecule has 0 radical (unpaired) electrons. The van der Waals surface area contributed by atoms with Gasteiger partial charge in [-0.1, -0.05) is 139 Å². The van der Waals surface area contributed by atoms with Gasteiger partial charge in [-0.15, -0.1) is 0 Å². The lowest BCUT2D eigenvalue weighted by molar-refractivity contribution is -0.123. The summed E-state index contributed by atoms with van der Waals surface area (Å²) in [4.78, 5) is 22.6. The standard InChI is InChI=1S/C41H75N2O6P/c1-3-5-7-9-11-13-15-17-19-20-21-23-25-27-29-31-33-35-41(45)43-39(38-49-50(46,47)48-37-36-42)40(44)34-32-30-28-26-24-22-18-16-14-12-10-8-6-4-2/h11,13-14,16-17,19,24,26,32,34,39-40,44H,3-10,12,15,18,20-23,25,27-31,33,35-38,42H2,1-2H3,(H,43,45)(H,46,47)/b13-11-,16-14+,19-17-,26-24+,34-32+. The summed E-state index contributed by atoms with van der Waals surface area (Å²) >= 11 is 0. The molecule has 0 rings (SSSR count). The lowest BCUT2D eigenvalue weighted by Crippen LogP contribution is -2.45. The van der Waals surface area contributed by atoms with Crippen LogP contribution in [0.5, 0.6) is 0 Å². The van der Waals surface area contributed by atoms with Crippen LogP contribution in [0.15, 0.2) is 60.8 Å². The van der Waals surface area contributed by atoms with Crippen molar-refractivity contribution in [1.29, 1.82) is 0 Å². The molecule has 0 spiro atoms. The number of nitrogens with two attached hydrogens (primary N) is 1. The number of phosphoric ester groups is 1. The number of rotatable bonds is 36. The Morgan fingerprint density at radius 2 is 1.12 bits per heavy atom. The van der Waals surface area contributed by atoms with Gasteiger partial charge in [-0.25, -0.2) is 4.57 Å². The van der Waals surface area contributed by atoms with Crippen LogP contribution in [0.2, 0.25) is 0 Å². The minimum atomic E-state index is -4.35. The number of phosphoric acid groups is 1. The maximum atomic E-state index is 12.7. The zero-order valence-electron chi connectivity index (χ0n) is 31.9. The van der Waals surface area contributed by atoms with Gasteiger partial charge >= 0.3 is 7.82 Å². The molecule has 9 heteroatoms. The van der Waals surface area contributed by atoms with Crippen LogP contribution in [0.25, 0.3) is 0 Å². The van der Waals surface area contributed by atoms with Crippen molar-refractivity contribution in [3.8, 4) is 0 Å². The fourth-order valence-electron chi connectivity index (χ4n) is 5.25. The first kappa shape index (κ1) is 48.2. The van der Waals surface area contributed by atoms with E-state index in [0.29, 0.717) is 6.42 Å². The highest BCUT2D eigenvalue weighted by atomic mass is 31.2. The van der Waals surface area contributed by atoms with Crippen molar-refractivity contribution >= 4 is 13.7 Å². The summed E-state index contributed by atoms with van der Waals surface area (Å²) in [7, 11) is -4.35. The van der Waals surface area contributed by atoms with Crippen molar-refractivity contribution in [2.24, 2.45) is 5.73 Å². The fourth-order valence-corrected chi connectivity index (χ4v) is 6.01. The van der Waals surface area contributed by atoms with Crippen LogP contribution in [0.4, 0.5) is 0 Å². The Balaban J connectivity index is 4.37. The smallest absolute Gasteiger partial charge is 0.387 e. The van der Waals surface area contributed by atoms with Crippen molar-refractivity contribution in [2.75, 3.05) is 19.8 Å². The molecule has 50 heavy (non-hydrogen) atoms. The van der Waals surface area contributed by atoms with Gasteiger partial charge in [0.05, 0.1) is 25.4 Å². The molecule has 0 aromatic heterocycles. The highest BCUT2D eigenvalue weighted by molar-refractivity contribution is 7.47. The quantitative estimate of drug-likeness (QED) is 0.0288. The largest absolute Gasteiger partial charge is 0.472 e. The molecule has 0 saturated carbocycles. The third-order valence-corrected chi connectivity index (χ3v) is 9.28. The summed E-state index contributed by atoms with van der Waals surface area (Å²) in [5.74, 6) is -0.220. The first-order valence-corrected chi connectivity index (χ1v) is 21.4. The lowest BCUT2D eigenvalue weighted by atomic mass is 10.1. The Kier molecular flexibility index (Phi) is 35.6. The molecule has 5 N–H and O–H groups in total. The second-order valence-electron chi connectivity index (χ2n) is 13.1. The lowest BCUT2D eigenvalue weighted by Gasteiger charge is -2.23. The third kappa shape index (κ3) is 34.6. The summed E-state index contributed by atoms with van der Waals surface area (Å²) in [6, 6.07) is -0.888. The Hall–Kier alpha value is -1.80. The van der Waals surface area contributed by atoms with Gasteiger partial charge in [0.15, 0.2) is 0 Å². The summed E-state index contributed by atoms with van der Waals surface area (Å²) in [6.07, 6.45) is 45.5. The maximum Gasteiger partial charge on any atom is 0.472 e. The second kappa shape index (κ2) is 37.0. The van der Waals surface area contributed by atoms with Crippen molar-refractivity contribution in [1.82, 2.24) is 5.32 Å². The normalized spacial score (nSPS) is 14.9. The number of aliphatic hydroxyl groups excluding tert-OH is 1. The minimum absolute atomic E-state index is 0.0679. The van der Waals surface area contributed by atoms with E-state index >= 15 is 0 Å². The number of allylic oxidation sites excluding steroid dienone is 9. The van der Waals surface area contributed by atoms with E-state index in [1.54, 1.807) is 6.08 Å². The van der Waals surface area contributed by atoms with E-state index in [1.165, 1.54) is 70.6 Å². The predicted molar refractivity (Wildman–Crippen MR) is 212 cm³/mol. The molecule has 3 unspecified atom stereocenters. The summed E-state index contributed by atoms with van der Waals surface area (Å²) < 4.78 is 22.0. The number of carbonyl (C=O) groups excluding carboxylic acids is 1. The van der Waals surface area contributed by atoms with E-state index in [9.17, 15) is 19.4 Å². The highest BCUT2D eigenvalue weighted by Gasteiger charge is 2.26. The average Bonchev–Trinajstić information content (AvgIpc) is 3.10. The molecule has 0 bridgehead atoms. The number of hydrogen-bond donors (Lipinski definition) is 4. The zero-order valence-corrected chi connectivity index (χ0v) is 32.8. The van der Waals surface area contributed by atoms with E-state index in [0.717, 1.165) is 70.6 Å². The number of aliphatic hydroxyl groups is 1. The molecular weight excluding hydrogens is 647 g/mol. The molecule has 290 valence electrons. The van der Waals surface area contributed by atoms with Gasteiger partial charge in [-0.3, -0.25) is 13.8 Å². The fraction of sp³-hybridized carbons (Fsp3) is 0.732. The number of carbonyl (C=O) groups is 1. The predicted octanol–water partition coefficient (Wildman–Crippen LogP) is 10.7.